The van der Waals surface area contributed by atoms with E-state index in [1.165, 1.54) is 0 Å². The lowest BCUT2D eigenvalue weighted by Gasteiger charge is -2.19. The van der Waals surface area contributed by atoms with Crippen LogP contribution >= 0.6 is 0 Å². The number of nitrogens with one attached hydrogen (secondary N) is 1. The molecule has 2 aromatic heterocycles. The topological polar surface area (TPSA) is 51.0 Å². The second kappa shape index (κ2) is 4.67. The number of hydrogen-bond donors (Lipinski definition) is 1. The van der Waals surface area contributed by atoms with Gasteiger partial charge >= 0.3 is 0 Å². The van der Waals surface area contributed by atoms with Crippen LogP contribution in [-0.4, -0.2) is 15.7 Å². The Morgan fingerprint density at radius 2 is 2.18 bits per heavy atom. The SMILES string of the molecule is CC(C)(C)NCc1cc(-c2cccnc2)on1. The summed E-state index contributed by atoms with van der Waals surface area (Å²) in [5.74, 6) is 0.754. The molecule has 0 aliphatic heterocycles. The highest BCUT2D eigenvalue weighted by molar-refractivity contribution is 5.55. The summed E-state index contributed by atoms with van der Waals surface area (Å²) < 4.78 is 5.29. The Morgan fingerprint density at radius 1 is 1.35 bits per heavy atom. The molecule has 2 heterocycles. The molecular formula is C13H17N3O. The number of aromatic nitrogens is 2. The molecule has 90 valence electrons. The fourth-order valence-electron chi connectivity index (χ4n) is 1.40. The highest BCUT2D eigenvalue weighted by Gasteiger charge is 2.11. The van der Waals surface area contributed by atoms with E-state index in [-0.39, 0.29) is 5.54 Å². The minimum atomic E-state index is 0.0768. The van der Waals surface area contributed by atoms with Crippen LogP contribution in [0.5, 0.6) is 0 Å². The highest BCUT2D eigenvalue weighted by Crippen LogP contribution is 2.18. The third-order valence-electron chi connectivity index (χ3n) is 2.30. The lowest BCUT2D eigenvalue weighted by Crippen LogP contribution is -2.35. The predicted molar refractivity (Wildman–Crippen MR) is 66.3 cm³/mol. The van der Waals surface area contributed by atoms with Crippen LogP contribution in [0, 0.1) is 0 Å². The molecule has 17 heavy (non-hydrogen) atoms. The quantitative estimate of drug-likeness (QED) is 0.882. The summed E-state index contributed by atoms with van der Waals surface area (Å²) in [6.45, 7) is 7.06. The molecule has 0 fully saturated rings. The van der Waals surface area contributed by atoms with Crippen molar-refractivity contribution in [3.63, 3.8) is 0 Å². The summed E-state index contributed by atoms with van der Waals surface area (Å²) in [6.07, 6.45) is 3.50. The first-order chi connectivity index (χ1) is 8.04. The highest BCUT2D eigenvalue weighted by atomic mass is 16.5. The molecule has 2 rings (SSSR count). The molecule has 0 saturated carbocycles. The van der Waals surface area contributed by atoms with E-state index in [1.54, 1.807) is 12.4 Å². The average Bonchev–Trinajstić information content (AvgIpc) is 2.75. The Balaban J connectivity index is 2.07. The van der Waals surface area contributed by atoms with Crippen molar-refractivity contribution in [1.82, 2.24) is 15.5 Å². The van der Waals surface area contributed by atoms with Gasteiger partial charge in [-0.15, -0.1) is 0 Å². The van der Waals surface area contributed by atoms with Crippen LogP contribution in [0.4, 0.5) is 0 Å². The summed E-state index contributed by atoms with van der Waals surface area (Å²) >= 11 is 0. The van der Waals surface area contributed by atoms with Crippen molar-refractivity contribution in [3.05, 3.63) is 36.3 Å². The number of hydrogen-bond acceptors (Lipinski definition) is 4. The Morgan fingerprint density at radius 3 is 2.82 bits per heavy atom. The Kier molecular flexibility index (Phi) is 3.24. The molecule has 0 aromatic carbocycles. The Labute approximate surface area is 101 Å². The first-order valence-corrected chi connectivity index (χ1v) is 5.66. The van der Waals surface area contributed by atoms with E-state index in [4.69, 9.17) is 4.52 Å². The molecule has 0 spiro atoms. The smallest absolute Gasteiger partial charge is 0.168 e. The molecule has 0 amide bonds. The summed E-state index contributed by atoms with van der Waals surface area (Å²) in [4.78, 5) is 4.05. The zero-order chi connectivity index (χ0) is 12.3. The van der Waals surface area contributed by atoms with Gasteiger partial charge in [-0.05, 0) is 32.9 Å². The van der Waals surface area contributed by atoms with Crippen molar-refractivity contribution >= 4 is 0 Å². The van der Waals surface area contributed by atoms with E-state index in [0.29, 0.717) is 6.54 Å². The van der Waals surface area contributed by atoms with E-state index in [2.05, 4.69) is 36.2 Å². The largest absolute Gasteiger partial charge is 0.356 e. The van der Waals surface area contributed by atoms with Gasteiger partial charge in [0.15, 0.2) is 5.76 Å². The lowest BCUT2D eigenvalue weighted by atomic mass is 10.1. The van der Waals surface area contributed by atoms with Gasteiger partial charge in [0, 0.05) is 36.1 Å². The minimum Gasteiger partial charge on any atom is -0.356 e. The molecule has 4 heteroatoms. The molecule has 0 unspecified atom stereocenters. The van der Waals surface area contributed by atoms with E-state index in [1.807, 2.05) is 18.2 Å². The molecule has 0 aliphatic carbocycles. The number of rotatable bonds is 3. The standard InChI is InChI=1S/C13H17N3O/c1-13(2,3)15-9-11-7-12(17-16-11)10-5-4-6-14-8-10/h4-8,15H,9H2,1-3H3. The van der Waals surface area contributed by atoms with Crippen LogP contribution < -0.4 is 5.32 Å². The Bertz CT molecular complexity index is 471. The predicted octanol–water partition coefficient (Wildman–Crippen LogP) is 2.62. The number of nitrogens with zero attached hydrogens (tertiary/aromatic N) is 2. The fourth-order valence-corrected chi connectivity index (χ4v) is 1.40. The van der Waals surface area contributed by atoms with Gasteiger partial charge in [0.25, 0.3) is 0 Å². The van der Waals surface area contributed by atoms with E-state index >= 15 is 0 Å². The maximum Gasteiger partial charge on any atom is 0.168 e. The van der Waals surface area contributed by atoms with Crippen LogP contribution in [0.3, 0.4) is 0 Å². The fraction of sp³-hybridized carbons (Fsp3) is 0.385. The maximum atomic E-state index is 5.29. The first kappa shape index (κ1) is 11.8. The van der Waals surface area contributed by atoms with Crippen LogP contribution in [0.2, 0.25) is 0 Å². The van der Waals surface area contributed by atoms with Crippen LogP contribution in [-0.2, 0) is 6.54 Å². The van der Waals surface area contributed by atoms with Crippen molar-refractivity contribution in [2.24, 2.45) is 0 Å². The van der Waals surface area contributed by atoms with Gasteiger partial charge in [0.2, 0.25) is 0 Å². The monoisotopic (exact) mass is 231 g/mol. The first-order valence-electron chi connectivity index (χ1n) is 5.66. The van der Waals surface area contributed by atoms with Gasteiger partial charge in [0.1, 0.15) is 0 Å². The molecule has 0 saturated heterocycles. The van der Waals surface area contributed by atoms with Gasteiger partial charge < -0.3 is 9.84 Å². The van der Waals surface area contributed by atoms with Gasteiger partial charge in [-0.25, -0.2) is 0 Å². The normalized spacial score (nSPS) is 11.7. The molecule has 1 N–H and O–H groups in total. The van der Waals surface area contributed by atoms with E-state index in [9.17, 15) is 0 Å². The molecule has 4 nitrogen and oxygen atoms in total. The maximum absolute atomic E-state index is 5.29. The second-order valence-corrected chi connectivity index (χ2v) is 5.03. The van der Waals surface area contributed by atoms with Crippen molar-refractivity contribution in [2.45, 2.75) is 32.9 Å². The van der Waals surface area contributed by atoms with Crippen molar-refractivity contribution in [2.75, 3.05) is 0 Å². The van der Waals surface area contributed by atoms with Gasteiger partial charge in [0.05, 0.1) is 5.69 Å². The third kappa shape index (κ3) is 3.39. The molecule has 0 bridgehead atoms. The minimum absolute atomic E-state index is 0.0768. The zero-order valence-electron chi connectivity index (χ0n) is 10.4. The summed E-state index contributed by atoms with van der Waals surface area (Å²) in [7, 11) is 0. The third-order valence-corrected chi connectivity index (χ3v) is 2.30. The summed E-state index contributed by atoms with van der Waals surface area (Å²) in [6, 6.07) is 5.77. The average molecular weight is 231 g/mol. The molecular weight excluding hydrogens is 214 g/mol. The van der Waals surface area contributed by atoms with Gasteiger partial charge in [-0.1, -0.05) is 5.16 Å². The summed E-state index contributed by atoms with van der Waals surface area (Å²) in [5.41, 5.74) is 1.92. The Hall–Kier alpha value is -1.68. The van der Waals surface area contributed by atoms with Crippen LogP contribution in [0.15, 0.2) is 35.1 Å². The molecule has 2 aromatic rings. The number of pyridine rings is 1. The lowest BCUT2D eigenvalue weighted by molar-refractivity contribution is 0.392. The summed E-state index contributed by atoms with van der Waals surface area (Å²) in [5, 5.41) is 7.40. The van der Waals surface area contributed by atoms with Gasteiger partial charge in [-0.2, -0.15) is 0 Å². The van der Waals surface area contributed by atoms with Crippen LogP contribution in [0.1, 0.15) is 26.5 Å². The molecule has 0 radical (unpaired) electrons. The van der Waals surface area contributed by atoms with Crippen molar-refractivity contribution < 1.29 is 4.52 Å². The van der Waals surface area contributed by atoms with Crippen LogP contribution in [0.25, 0.3) is 11.3 Å². The van der Waals surface area contributed by atoms with E-state index in [0.717, 1.165) is 17.0 Å². The van der Waals surface area contributed by atoms with E-state index < -0.39 is 0 Å². The molecule has 0 aliphatic rings. The second-order valence-electron chi connectivity index (χ2n) is 5.03. The molecule has 0 atom stereocenters. The zero-order valence-corrected chi connectivity index (χ0v) is 10.4. The van der Waals surface area contributed by atoms with Gasteiger partial charge in [-0.3, -0.25) is 4.98 Å². The van der Waals surface area contributed by atoms with Crippen molar-refractivity contribution in [1.29, 1.82) is 0 Å². The van der Waals surface area contributed by atoms with Crippen molar-refractivity contribution in [3.8, 4) is 11.3 Å².